The van der Waals surface area contributed by atoms with Gasteiger partial charge in [-0.15, -0.1) is 0 Å². The molecule has 0 saturated carbocycles. The number of hydrogen-bond acceptors (Lipinski definition) is 4. The molecule has 1 aromatic carbocycles. The maximum atomic E-state index is 11.7. The first kappa shape index (κ1) is 13.9. The first-order chi connectivity index (χ1) is 7.92. The van der Waals surface area contributed by atoms with Crippen molar-refractivity contribution in [1.82, 2.24) is 0 Å². The molecule has 17 heavy (non-hydrogen) atoms. The van der Waals surface area contributed by atoms with Crippen LogP contribution in [-0.4, -0.2) is 21.8 Å². The van der Waals surface area contributed by atoms with Gasteiger partial charge < -0.3 is 4.74 Å². The predicted octanol–water partition coefficient (Wildman–Crippen LogP) is 2.25. The summed E-state index contributed by atoms with van der Waals surface area (Å²) in [5.41, 5.74) is 1.80. The summed E-state index contributed by atoms with van der Waals surface area (Å²) in [4.78, 5) is 0.127. The molecule has 0 bridgehead atoms. The van der Waals surface area contributed by atoms with Crippen molar-refractivity contribution in [2.45, 2.75) is 18.7 Å². The Kier molecular flexibility index (Phi) is 4.86. The van der Waals surface area contributed by atoms with Crippen LogP contribution in [-0.2, 0) is 19.0 Å². The van der Waals surface area contributed by atoms with E-state index in [1.807, 2.05) is 6.92 Å². The van der Waals surface area contributed by atoms with E-state index in [9.17, 15) is 8.42 Å². The molecule has 5 heteroatoms. The molecule has 0 saturated heterocycles. The van der Waals surface area contributed by atoms with Crippen molar-refractivity contribution in [2.75, 3.05) is 13.4 Å². The molecule has 0 aromatic heterocycles. The number of hydrogen-bond donors (Lipinski definition) is 0. The molecule has 0 radical (unpaired) electrons. The Labute approximate surface area is 102 Å². The monoisotopic (exact) mass is 256 g/mol. The van der Waals surface area contributed by atoms with E-state index in [0.29, 0.717) is 0 Å². The van der Waals surface area contributed by atoms with Crippen LogP contribution in [0, 0.1) is 6.92 Å². The lowest BCUT2D eigenvalue weighted by molar-refractivity contribution is 0.0319. The summed E-state index contributed by atoms with van der Waals surface area (Å²) in [5.74, 6) is 0. The van der Waals surface area contributed by atoms with Crippen molar-refractivity contribution >= 4 is 10.1 Å². The Morgan fingerprint density at radius 3 is 2.41 bits per heavy atom. The number of aryl methyl sites for hydroxylation is 1. The molecule has 1 aromatic rings. The van der Waals surface area contributed by atoms with E-state index in [4.69, 9.17) is 8.92 Å². The van der Waals surface area contributed by atoms with E-state index in [1.165, 1.54) is 12.1 Å². The van der Waals surface area contributed by atoms with Gasteiger partial charge in [0, 0.05) is 0 Å². The number of benzene rings is 1. The van der Waals surface area contributed by atoms with Crippen LogP contribution in [0.4, 0.5) is 0 Å². The van der Waals surface area contributed by atoms with Crippen LogP contribution in [0.5, 0.6) is 0 Å². The zero-order chi connectivity index (χ0) is 12.9. The molecule has 0 fully saturated rings. The van der Waals surface area contributed by atoms with Gasteiger partial charge >= 0.3 is 0 Å². The molecule has 0 spiro atoms. The zero-order valence-electron chi connectivity index (χ0n) is 9.97. The van der Waals surface area contributed by atoms with E-state index < -0.39 is 10.1 Å². The maximum absolute atomic E-state index is 11.7. The van der Waals surface area contributed by atoms with Crippen LogP contribution in [0.15, 0.2) is 41.3 Å². The second-order valence-corrected chi connectivity index (χ2v) is 5.42. The molecule has 0 atom stereocenters. The normalized spacial score (nSPS) is 11.4. The van der Waals surface area contributed by atoms with Gasteiger partial charge in [0.05, 0.1) is 11.5 Å². The molecule has 0 aliphatic carbocycles. The van der Waals surface area contributed by atoms with Gasteiger partial charge in [0.25, 0.3) is 10.1 Å². The summed E-state index contributed by atoms with van der Waals surface area (Å²) in [6.07, 6.45) is 0. The molecule has 4 nitrogen and oxygen atoms in total. The smallest absolute Gasteiger partial charge is 0.299 e. The van der Waals surface area contributed by atoms with Gasteiger partial charge in [0.2, 0.25) is 0 Å². The van der Waals surface area contributed by atoms with Crippen LogP contribution >= 0.6 is 0 Å². The van der Waals surface area contributed by atoms with Gasteiger partial charge in [-0.3, -0.25) is 0 Å². The summed E-state index contributed by atoms with van der Waals surface area (Å²) in [5, 5.41) is 0. The summed E-state index contributed by atoms with van der Waals surface area (Å²) < 4.78 is 33.0. The van der Waals surface area contributed by atoms with Crippen LogP contribution in [0.2, 0.25) is 0 Å². The van der Waals surface area contributed by atoms with Crippen molar-refractivity contribution < 1.29 is 17.3 Å². The highest BCUT2D eigenvalue weighted by Crippen LogP contribution is 2.13. The van der Waals surface area contributed by atoms with Crippen LogP contribution in [0.1, 0.15) is 12.5 Å². The Balaban J connectivity index is 2.57. The van der Waals surface area contributed by atoms with Crippen LogP contribution < -0.4 is 0 Å². The predicted molar refractivity (Wildman–Crippen MR) is 65.1 cm³/mol. The second kappa shape index (κ2) is 5.95. The molecule has 0 amide bonds. The van der Waals surface area contributed by atoms with Gasteiger partial charge in [-0.1, -0.05) is 29.8 Å². The van der Waals surface area contributed by atoms with E-state index in [0.717, 1.165) is 11.1 Å². The molecule has 1 rings (SSSR count). The Morgan fingerprint density at radius 1 is 1.29 bits per heavy atom. The molecule has 0 aliphatic heterocycles. The van der Waals surface area contributed by atoms with Crippen molar-refractivity contribution in [3.63, 3.8) is 0 Å². The van der Waals surface area contributed by atoms with Gasteiger partial charge in [-0.2, -0.15) is 8.42 Å². The van der Waals surface area contributed by atoms with Crippen molar-refractivity contribution in [2.24, 2.45) is 0 Å². The zero-order valence-corrected chi connectivity index (χ0v) is 10.8. The fourth-order valence-corrected chi connectivity index (χ4v) is 1.89. The number of ether oxygens (including phenoxy) is 1. The minimum absolute atomic E-state index is 0.127. The SMILES string of the molecule is C=C(C)COCOS(=O)(=O)c1ccc(C)cc1. The lowest BCUT2D eigenvalue weighted by Gasteiger charge is -2.06. The Hall–Kier alpha value is -1.17. The highest BCUT2D eigenvalue weighted by Gasteiger charge is 2.14. The average Bonchev–Trinajstić information content (AvgIpc) is 2.25. The molecule has 0 N–H and O–H groups in total. The minimum atomic E-state index is -3.73. The minimum Gasteiger partial charge on any atom is -0.350 e. The third kappa shape index (κ3) is 4.68. The van der Waals surface area contributed by atoms with E-state index in [2.05, 4.69) is 6.58 Å². The molecular formula is C12H16O4S. The highest BCUT2D eigenvalue weighted by atomic mass is 32.2. The van der Waals surface area contributed by atoms with E-state index >= 15 is 0 Å². The molecular weight excluding hydrogens is 240 g/mol. The second-order valence-electron chi connectivity index (χ2n) is 3.81. The summed E-state index contributed by atoms with van der Waals surface area (Å²) >= 11 is 0. The molecule has 94 valence electrons. The van der Waals surface area contributed by atoms with Gasteiger partial charge in [-0.25, -0.2) is 4.18 Å². The first-order valence-electron chi connectivity index (χ1n) is 5.10. The van der Waals surface area contributed by atoms with Crippen LogP contribution in [0.25, 0.3) is 0 Å². The van der Waals surface area contributed by atoms with Crippen molar-refractivity contribution in [1.29, 1.82) is 0 Å². The fourth-order valence-electron chi connectivity index (χ4n) is 1.09. The Morgan fingerprint density at radius 2 is 1.88 bits per heavy atom. The van der Waals surface area contributed by atoms with Gasteiger partial charge in [0.15, 0.2) is 6.79 Å². The molecule has 0 aliphatic rings. The lowest BCUT2D eigenvalue weighted by Crippen LogP contribution is -2.10. The fraction of sp³-hybridized carbons (Fsp3) is 0.333. The molecule has 0 unspecified atom stereocenters. The first-order valence-corrected chi connectivity index (χ1v) is 6.51. The summed E-state index contributed by atoms with van der Waals surface area (Å²) in [6.45, 7) is 7.27. The van der Waals surface area contributed by atoms with Gasteiger partial charge in [0.1, 0.15) is 0 Å². The lowest BCUT2D eigenvalue weighted by atomic mass is 10.2. The van der Waals surface area contributed by atoms with E-state index in [-0.39, 0.29) is 18.3 Å². The molecule has 0 heterocycles. The van der Waals surface area contributed by atoms with Gasteiger partial charge in [-0.05, 0) is 26.0 Å². The summed E-state index contributed by atoms with van der Waals surface area (Å²) in [6, 6.07) is 6.43. The Bertz CT molecular complexity index is 474. The topological polar surface area (TPSA) is 52.6 Å². The van der Waals surface area contributed by atoms with Crippen molar-refractivity contribution in [3.05, 3.63) is 42.0 Å². The third-order valence-electron chi connectivity index (χ3n) is 1.94. The standard InChI is InChI=1S/C12H16O4S/c1-10(2)8-15-9-16-17(13,14)12-6-4-11(3)5-7-12/h4-7H,1,8-9H2,2-3H3. The number of rotatable bonds is 6. The van der Waals surface area contributed by atoms with Crippen LogP contribution in [0.3, 0.4) is 0 Å². The largest absolute Gasteiger partial charge is 0.350 e. The average molecular weight is 256 g/mol. The maximum Gasteiger partial charge on any atom is 0.299 e. The third-order valence-corrected chi connectivity index (χ3v) is 3.20. The van der Waals surface area contributed by atoms with E-state index in [1.54, 1.807) is 19.1 Å². The highest BCUT2D eigenvalue weighted by molar-refractivity contribution is 7.86. The quantitative estimate of drug-likeness (QED) is 0.339. The summed E-state index contributed by atoms with van der Waals surface area (Å²) in [7, 11) is -3.73. The van der Waals surface area contributed by atoms with Crippen molar-refractivity contribution in [3.8, 4) is 0 Å².